The summed E-state index contributed by atoms with van der Waals surface area (Å²) in [6, 6.07) is 14.7. The largest absolute Gasteiger partial charge is 0.495 e. The van der Waals surface area contributed by atoms with Crippen LogP contribution < -0.4 is 10.1 Å². The number of nitrogens with zero attached hydrogens (tertiary/aromatic N) is 1. The fourth-order valence-electron chi connectivity index (χ4n) is 2.72. The number of benzene rings is 2. The Kier molecular flexibility index (Phi) is 6.16. The van der Waals surface area contributed by atoms with Crippen LogP contribution in [0.4, 0.5) is 10.5 Å². The van der Waals surface area contributed by atoms with Crippen LogP contribution in [0.1, 0.15) is 18.1 Å². The van der Waals surface area contributed by atoms with Gasteiger partial charge in [0.1, 0.15) is 12.3 Å². The number of hydrogen-bond donors (Lipinski definition) is 1. The van der Waals surface area contributed by atoms with Crippen molar-refractivity contribution in [2.24, 2.45) is 0 Å². The van der Waals surface area contributed by atoms with Crippen LogP contribution in [-0.4, -0.2) is 35.6 Å². The number of rotatable bonds is 6. The Hall–Kier alpha value is -3.06. The topological polar surface area (TPSA) is 75.7 Å². The van der Waals surface area contributed by atoms with Gasteiger partial charge >= 0.3 is 0 Å². The fourth-order valence-corrected chi connectivity index (χ4v) is 3.56. The highest BCUT2D eigenvalue weighted by atomic mass is 32.2. The summed E-state index contributed by atoms with van der Waals surface area (Å²) in [7, 11) is 1.50. The second-order valence-corrected chi connectivity index (χ2v) is 7.10. The average molecular weight is 396 g/mol. The summed E-state index contributed by atoms with van der Waals surface area (Å²) >= 11 is 0.836. The molecule has 0 aromatic heterocycles. The van der Waals surface area contributed by atoms with Crippen molar-refractivity contribution in [3.05, 3.63) is 64.6 Å². The normalized spacial score (nSPS) is 15.2. The van der Waals surface area contributed by atoms with Crippen molar-refractivity contribution in [1.29, 1.82) is 0 Å². The summed E-state index contributed by atoms with van der Waals surface area (Å²) < 4.78 is 5.18. The predicted molar refractivity (Wildman–Crippen MR) is 110 cm³/mol. The Morgan fingerprint density at radius 3 is 2.54 bits per heavy atom. The summed E-state index contributed by atoms with van der Waals surface area (Å²) in [5.41, 5.74) is 2.51. The van der Waals surface area contributed by atoms with Gasteiger partial charge in [0.05, 0.1) is 17.7 Å². The van der Waals surface area contributed by atoms with Gasteiger partial charge in [-0.3, -0.25) is 19.3 Å². The number of ether oxygens (including phenoxy) is 1. The van der Waals surface area contributed by atoms with E-state index in [2.05, 4.69) is 12.2 Å². The molecular formula is C21H20N2O4S. The van der Waals surface area contributed by atoms with Gasteiger partial charge in [-0.05, 0) is 47.5 Å². The number of imide groups is 1. The van der Waals surface area contributed by atoms with Crippen LogP contribution in [0.2, 0.25) is 0 Å². The highest BCUT2D eigenvalue weighted by molar-refractivity contribution is 8.18. The first-order chi connectivity index (χ1) is 13.5. The van der Waals surface area contributed by atoms with Crippen LogP contribution in [0.15, 0.2) is 53.4 Å². The molecule has 144 valence electrons. The zero-order chi connectivity index (χ0) is 20.1. The third kappa shape index (κ3) is 4.43. The zero-order valence-corrected chi connectivity index (χ0v) is 16.4. The molecule has 1 saturated heterocycles. The molecule has 1 heterocycles. The number of hydrogen-bond acceptors (Lipinski definition) is 5. The van der Waals surface area contributed by atoms with Crippen molar-refractivity contribution in [1.82, 2.24) is 4.90 Å². The molecule has 28 heavy (non-hydrogen) atoms. The van der Waals surface area contributed by atoms with Gasteiger partial charge in [-0.15, -0.1) is 0 Å². The Morgan fingerprint density at radius 2 is 1.86 bits per heavy atom. The van der Waals surface area contributed by atoms with E-state index in [1.54, 1.807) is 30.3 Å². The Morgan fingerprint density at radius 1 is 1.14 bits per heavy atom. The quantitative estimate of drug-likeness (QED) is 0.749. The highest BCUT2D eigenvalue weighted by Gasteiger charge is 2.36. The number of anilines is 1. The highest BCUT2D eigenvalue weighted by Crippen LogP contribution is 2.32. The first-order valence-corrected chi connectivity index (χ1v) is 9.60. The second-order valence-electron chi connectivity index (χ2n) is 6.11. The molecule has 0 unspecified atom stereocenters. The van der Waals surface area contributed by atoms with Crippen LogP contribution in [0.25, 0.3) is 6.08 Å². The van der Waals surface area contributed by atoms with Crippen molar-refractivity contribution in [3.63, 3.8) is 0 Å². The number of nitrogens with one attached hydrogen (secondary N) is 1. The van der Waals surface area contributed by atoms with Crippen LogP contribution in [0.3, 0.4) is 0 Å². The molecule has 3 amide bonds. The summed E-state index contributed by atoms with van der Waals surface area (Å²) in [5, 5.41) is 2.21. The van der Waals surface area contributed by atoms with E-state index in [1.807, 2.05) is 24.3 Å². The van der Waals surface area contributed by atoms with Crippen LogP contribution >= 0.6 is 11.8 Å². The van der Waals surface area contributed by atoms with Crippen molar-refractivity contribution in [2.45, 2.75) is 13.3 Å². The summed E-state index contributed by atoms with van der Waals surface area (Å²) in [5.74, 6) is -0.439. The molecule has 0 spiro atoms. The molecular weight excluding hydrogens is 376 g/mol. The van der Waals surface area contributed by atoms with Crippen molar-refractivity contribution < 1.29 is 19.1 Å². The molecule has 6 nitrogen and oxygen atoms in total. The standard InChI is InChI=1S/C21H20N2O4S/c1-3-14-8-10-15(11-9-14)12-18-20(25)23(21(26)28-18)13-19(24)22-16-6-4-5-7-17(16)27-2/h4-12H,3,13H2,1-2H3,(H,22,24)/b18-12-. The third-order valence-electron chi connectivity index (χ3n) is 4.24. The molecule has 1 N–H and O–H groups in total. The minimum atomic E-state index is -0.472. The van der Waals surface area contributed by atoms with Crippen molar-refractivity contribution in [3.8, 4) is 5.75 Å². The van der Waals surface area contributed by atoms with Gasteiger partial charge in [0.25, 0.3) is 11.1 Å². The van der Waals surface area contributed by atoms with Gasteiger partial charge < -0.3 is 10.1 Å². The smallest absolute Gasteiger partial charge is 0.294 e. The van der Waals surface area contributed by atoms with Crippen molar-refractivity contribution in [2.75, 3.05) is 19.0 Å². The number of carbonyl (C=O) groups excluding carboxylic acids is 3. The first-order valence-electron chi connectivity index (χ1n) is 8.79. The second kappa shape index (κ2) is 8.75. The maximum absolute atomic E-state index is 12.6. The molecule has 0 atom stereocenters. The SMILES string of the molecule is CCc1ccc(/C=C2\SC(=O)N(CC(=O)Nc3ccccc3OC)C2=O)cc1. The van der Waals surface area contributed by atoms with E-state index in [9.17, 15) is 14.4 Å². The van der Waals surface area contributed by atoms with Crippen LogP contribution in [-0.2, 0) is 16.0 Å². The van der Waals surface area contributed by atoms with E-state index in [0.29, 0.717) is 16.3 Å². The van der Waals surface area contributed by atoms with Gasteiger partial charge in [-0.2, -0.15) is 0 Å². The van der Waals surface area contributed by atoms with E-state index in [-0.39, 0.29) is 6.54 Å². The lowest BCUT2D eigenvalue weighted by Gasteiger charge is -2.14. The fraction of sp³-hybridized carbons (Fsp3) is 0.190. The predicted octanol–water partition coefficient (Wildman–Crippen LogP) is 3.93. The molecule has 1 fully saturated rings. The minimum Gasteiger partial charge on any atom is -0.495 e. The van der Waals surface area contributed by atoms with Crippen LogP contribution in [0.5, 0.6) is 5.75 Å². The zero-order valence-electron chi connectivity index (χ0n) is 15.6. The number of thioether (sulfide) groups is 1. The Bertz CT molecular complexity index is 938. The molecule has 3 rings (SSSR count). The van der Waals surface area contributed by atoms with Gasteiger partial charge in [0.2, 0.25) is 5.91 Å². The van der Waals surface area contributed by atoms with E-state index in [0.717, 1.165) is 28.6 Å². The summed E-state index contributed by atoms with van der Waals surface area (Å²) in [6.07, 6.45) is 2.60. The summed E-state index contributed by atoms with van der Waals surface area (Å²) in [6.45, 7) is 1.71. The molecule has 0 radical (unpaired) electrons. The Balaban J connectivity index is 1.69. The van der Waals surface area contributed by atoms with E-state index >= 15 is 0 Å². The molecule has 1 aliphatic heterocycles. The lowest BCUT2D eigenvalue weighted by atomic mass is 10.1. The number of para-hydroxylation sites is 2. The molecule has 0 aliphatic carbocycles. The maximum atomic E-state index is 12.6. The van der Waals surface area contributed by atoms with E-state index < -0.39 is 17.1 Å². The summed E-state index contributed by atoms with van der Waals surface area (Å²) in [4.78, 5) is 38.4. The minimum absolute atomic E-state index is 0.305. The third-order valence-corrected chi connectivity index (χ3v) is 5.15. The van der Waals surface area contributed by atoms with Gasteiger partial charge in [-0.25, -0.2) is 0 Å². The molecule has 0 bridgehead atoms. The molecule has 2 aromatic rings. The molecule has 1 aliphatic rings. The Labute approximate surface area is 167 Å². The average Bonchev–Trinajstić information content (AvgIpc) is 2.96. The van der Waals surface area contributed by atoms with E-state index in [1.165, 1.54) is 12.7 Å². The lowest BCUT2D eigenvalue weighted by molar-refractivity contribution is -0.127. The van der Waals surface area contributed by atoms with Gasteiger partial charge in [0.15, 0.2) is 0 Å². The molecule has 7 heteroatoms. The number of carbonyl (C=O) groups is 3. The lowest BCUT2D eigenvalue weighted by Crippen LogP contribution is -2.36. The number of aryl methyl sites for hydroxylation is 1. The first kappa shape index (κ1) is 19.7. The van der Waals surface area contributed by atoms with Gasteiger partial charge in [0, 0.05) is 0 Å². The number of methoxy groups -OCH3 is 1. The molecule has 0 saturated carbocycles. The number of amides is 3. The van der Waals surface area contributed by atoms with Crippen LogP contribution in [0, 0.1) is 0 Å². The van der Waals surface area contributed by atoms with Gasteiger partial charge in [-0.1, -0.05) is 43.3 Å². The molecule has 2 aromatic carbocycles. The van der Waals surface area contributed by atoms with Crippen molar-refractivity contribution >= 4 is 40.6 Å². The monoisotopic (exact) mass is 396 g/mol. The van der Waals surface area contributed by atoms with E-state index in [4.69, 9.17) is 4.74 Å². The maximum Gasteiger partial charge on any atom is 0.294 e.